The van der Waals surface area contributed by atoms with Crippen molar-refractivity contribution in [2.75, 3.05) is 11.1 Å². The smallest absolute Gasteiger partial charge is 0.181 e. The van der Waals surface area contributed by atoms with E-state index in [0.29, 0.717) is 22.0 Å². The summed E-state index contributed by atoms with van der Waals surface area (Å²) in [6.07, 6.45) is 1.41. The number of para-hydroxylation sites is 1. The molecule has 0 saturated carbocycles. The number of benzene rings is 2. The molecular weight excluding hydrogens is 250 g/mol. The van der Waals surface area contributed by atoms with Gasteiger partial charge in [-0.3, -0.25) is 0 Å². The molecule has 18 heavy (non-hydrogen) atoms. The minimum Gasteiger partial charge on any atom is -0.443 e. The normalized spacial score (nSPS) is 10.7. The zero-order valence-corrected chi connectivity index (χ0v) is 10.1. The highest BCUT2D eigenvalue weighted by atomic mass is 35.5. The Kier molecular flexibility index (Phi) is 2.57. The van der Waals surface area contributed by atoms with Crippen LogP contribution < -0.4 is 11.1 Å². The molecule has 5 heteroatoms. The summed E-state index contributed by atoms with van der Waals surface area (Å²) in [5, 5.41) is 3.75. The largest absolute Gasteiger partial charge is 0.443 e. The van der Waals surface area contributed by atoms with Gasteiger partial charge < -0.3 is 15.5 Å². The molecule has 0 amide bonds. The van der Waals surface area contributed by atoms with Crippen molar-refractivity contribution >= 4 is 39.8 Å². The fourth-order valence-electron chi connectivity index (χ4n) is 1.75. The number of nitrogens with two attached hydrogens (primary N) is 1. The zero-order valence-electron chi connectivity index (χ0n) is 9.35. The lowest BCUT2D eigenvalue weighted by atomic mass is 10.2. The van der Waals surface area contributed by atoms with E-state index in [2.05, 4.69) is 10.3 Å². The van der Waals surface area contributed by atoms with Gasteiger partial charge in [0.2, 0.25) is 0 Å². The van der Waals surface area contributed by atoms with Crippen molar-refractivity contribution in [3.05, 3.63) is 47.8 Å². The van der Waals surface area contributed by atoms with Crippen molar-refractivity contribution in [1.82, 2.24) is 4.98 Å². The van der Waals surface area contributed by atoms with Crippen molar-refractivity contribution in [3.8, 4) is 0 Å². The number of fused-ring (bicyclic) bond motifs is 1. The molecule has 0 aliphatic heterocycles. The van der Waals surface area contributed by atoms with E-state index in [-0.39, 0.29) is 0 Å². The molecule has 0 saturated heterocycles. The Morgan fingerprint density at radius 2 is 2.11 bits per heavy atom. The number of nitrogens with zero attached hydrogens (tertiary/aromatic N) is 1. The third-order valence-electron chi connectivity index (χ3n) is 2.65. The van der Waals surface area contributed by atoms with E-state index in [0.717, 1.165) is 11.2 Å². The molecule has 0 aliphatic rings. The van der Waals surface area contributed by atoms with Crippen molar-refractivity contribution in [3.63, 3.8) is 0 Å². The van der Waals surface area contributed by atoms with Crippen molar-refractivity contribution in [1.29, 1.82) is 0 Å². The minimum atomic E-state index is 0.577. The van der Waals surface area contributed by atoms with E-state index in [4.69, 9.17) is 21.8 Å². The van der Waals surface area contributed by atoms with Crippen molar-refractivity contribution in [2.24, 2.45) is 0 Å². The zero-order chi connectivity index (χ0) is 12.5. The lowest BCUT2D eigenvalue weighted by Gasteiger charge is -2.10. The highest BCUT2D eigenvalue weighted by Gasteiger charge is 2.06. The molecule has 2 aromatic carbocycles. The van der Waals surface area contributed by atoms with Gasteiger partial charge in [0.15, 0.2) is 12.0 Å². The lowest BCUT2D eigenvalue weighted by molar-refractivity contribution is 0.602. The third-order valence-corrected chi connectivity index (χ3v) is 2.96. The van der Waals surface area contributed by atoms with E-state index < -0.39 is 0 Å². The van der Waals surface area contributed by atoms with Crippen LogP contribution in [0.25, 0.3) is 11.1 Å². The van der Waals surface area contributed by atoms with E-state index in [1.54, 1.807) is 12.1 Å². The average molecular weight is 260 g/mol. The first kappa shape index (κ1) is 10.9. The van der Waals surface area contributed by atoms with Gasteiger partial charge in [0, 0.05) is 11.8 Å². The molecule has 1 aromatic heterocycles. The summed E-state index contributed by atoms with van der Waals surface area (Å²) in [7, 11) is 0. The molecule has 3 N–H and O–H groups in total. The topological polar surface area (TPSA) is 64.1 Å². The van der Waals surface area contributed by atoms with Gasteiger partial charge >= 0.3 is 0 Å². The molecule has 4 nitrogen and oxygen atoms in total. The number of hydrogen-bond acceptors (Lipinski definition) is 4. The molecule has 0 aliphatic carbocycles. The molecule has 0 unspecified atom stereocenters. The Morgan fingerprint density at radius 3 is 2.94 bits per heavy atom. The Bertz CT molecular complexity index is 688. The second kappa shape index (κ2) is 4.23. The highest BCUT2D eigenvalue weighted by Crippen LogP contribution is 2.31. The quantitative estimate of drug-likeness (QED) is 0.687. The summed E-state index contributed by atoms with van der Waals surface area (Å²) in [5.74, 6) is 0. The van der Waals surface area contributed by atoms with Gasteiger partial charge in [-0.2, -0.15) is 0 Å². The molecule has 3 rings (SSSR count). The Labute approximate surface area is 108 Å². The molecular formula is C13H10ClN3O. The molecule has 0 spiro atoms. The summed E-state index contributed by atoms with van der Waals surface area (Å²) in [6, 6.07) is 11.0. The number of hydrogen-bond donors (Lipinski definition) is 2. The van der Waals surface area contributed by atoms with Crippen molar-refractivity contribution < 1.29 is 4.42 Å². The summed E-state index contributed by atoms with van der Waals surface area (Å²) in [5.41, 5.74) is 9.54. The van der Waals surface area contributed by atoms with Crippen LogP contribution >= 0.6 is 11.6 Å². The van der Waals surface area contributed by atoms with Gasteiger partial charge in [-0.25, -0.2) is 4.98 Å². The molecule has 0 radical (unpaired) electrons. The Morgan fingerprint density at radius 1 is 1.22 bits per heavy atom. The van der Waals surface area contributed by atoms with Gasteiger partial charge in [-0.15, -0.1) is 0 Å². The second-order valence-electron chi connectivity index (χ2n) is 3.86. The molecule has 3 aromatic rings. The van der Waals surface area contributed by atoms with Gasteiger partial charge in [-0.1, -0.05) is 17.7 Å². The molecule has 0 bridgehead atoms. The maximum Gasteiger partial charge on any atom is 0.181 e. The fourth-order valence-corrected chi connectivity index (χ4v) is 1.98. The van der Waals surface area contributed by atoms with E-state index in [9.17, 15) is 0 Å². The minimum absolute atomic E-state index is 0.577. The third kappa shape index (κ3) is 1.87. The monoisotopic (exact) mass is 259 g/mol. The summed E-state index contributed by atoms with van der Waals surface area (Å²) >= 11 is 6.10. The first-order valence-electron chi connectivity index (χ1n) is 5.38. The summed E-state index contributed by atoms with van der Waals surface area (Å²) in [6.45, 7) is 0. The van der Waals surface area contributed by atoms with Crippen molar-refractivity contribution in [2.45, 2.75) is 0 Å². The highest BCUT2D eigenvalue weighted by molar-refractivity contribution is 6.34. The van der Waals surface area contributed by atoms with Crippen LogP contribution in [0.3, 0.4) is 0 Å². The average Bonchev–Trinajstić information content (AvgIpc) is 2.81. The van der Waals surface area contributed by atoms with Gasteiger partial charge in [-0.05, 0) is 24.3 Å². The van der Waals surface area contributed by atoms with Gasteiger partial charge in [0.25, 0.3) is 0 Å². The van der Waals surface area contributed by atoms with E-state index in [1.807, 2.05) is 24.3 Å². The predicted molar refractivity (Wildman–Crippen MR) is 73.2 cm³/mol. The number of rotatable bonds is 2. The Balaban J connectivity index is 2.00. The predicted octanol–water partition coefficient (Wildman–Crippen LogP) is 3.81. The summed E-state index contributed by atoms with van der Waals surface area (Å²) in [4.78, 5) is 4.06. The van der Waals surface area contributed by atoms with Crippen LogP contribution in [0.1, 0.15) is 0 Å². The number of oxazole rings is 1. The van der Waals surface area contributed by atoms with Crippen LogP contribution in [0.2, 0.25) is 5.02 Å². The lowest BCUT2D eigenvalue weighted by Crippen LogP contribution is -1.96. The molecule has 90 valence electrons. The molecule has 0 fully saturated rings. The van der Waals surface area contributed by atoms with Crippen LogP contribution in [-0.2, 0) is 0 Å². The van der Waals surface area contributed by atoms with Gasteiger partial charge in [0.05, 0.1) is 16.4 Å². The fraction of sp³-hybridized carbons (Fsp3) is 0. The molecule has 0 atom stereocenters. The number of anilines is 3. The van der Waals surface area contributed by atoms with Crippen LogP contribution in [0.15, 0.2) is 47.2 Å². The second-order valence-corrected chi connectivity index (χ2v) is 4.27. The Hall–Kier alpha value is -2.20. The number of nitrogens with one attached hydrogen (secondary N) is 1. The standard InChI is InChI=1S/C13H10ClN3O/c14-9-2-1-3-10(15)13(9)17-8-4-5-11-12(6-8)18-7-16-11/h1-7,17H,15H2. The first-order valence-corrected chi connectivity index (χ1v) is 5.76. The van der Waals surface area contributed by atoms with E-state index >= 15 is 0 Å². The maximum absolute atomic E-state index is 6.10. The van der Waals surface area contributed by atoms with Crippen LogP contribution in [0, 0.1) is 0 Å². The summed E-state index contributed by atoms with van der Waals surface area (Å²) < 4.78 is 5.24. The maximum atomic E-state index is 6.10. The number of aromatic nitrogens is 1. The van der Waals surface area contributed by atoms with Crippen LogP contribution in [0.4, 0.5) is 17.1 Å². The SMILES string of the molecule is Nc1cccc(Cl)c1Nc1ccc2ncoc2c1. The first-order chi connectivity index (χ1) is 8.74. The van der Waals surface area contributed by atoms with E-state index in [1.165, 1.54) is 6.39 Å². The number of halogens is 1. The van der Waals surface area contributed by atoms with Crippen LogP contribution in [-0.4, -0.2) is 4.98 Å². The molecule has 1 heterocycles. The van der Waals surface area contributed by atoms with Gasteiger partial charge in [0.1, 0.15) is 5.52 Å². The van der Waals surface area contributed by atoms with Crippen LogP contribution in [0.5, 0.6) is 0 Å². The number of nitrogen functional groups attached to an aromatic ring is 1.